The van der Waals surface area contributed by atoms with Crippen LogP contribution in [0.4, 0.5) is 0 Å². The zero-order valence-electron chi connectivity index (χ0n) is 15.6. The van der Waals surface area contributed by atoms with Crippen LogP contribution in [0.15, 0.2) is 60.7 Å². The maximum Gasteiger partial charge on any atom is 0.337 e. The first kappa shape index (κ1) is 18.6. The Morgan fingerprint density at radius 2 is 1.74 bits per heavy atom. The molecule has 1 aromatic heterocycles. The fraction of sp³-hybridized carbons (Fsp3) is 0.217. The Morgan fingerprint density at radius 1 is 1.00 bits per heavy atom. The summed E-state index contributed by atoms with van der Waals surface area (Å²) in [7, 11) is 0. The molecule has 4 heteroatoms. The van der Waals surface area contributed by atoms with Gasteiger partial charge in [0.05, 0.1) is 23.6 Å². The van der Waals surface area contributed by atoms with Crippen molar-refractivity contribution in [3.05, 3.63) is 83.0 Å². The third-order valence-electron chi connectivity index (χ3n) is 4.44. The number of hydrogen-bond donors (Lipinski definition) is 1. The number of carboxylic acids is 1. The molecule has 2 aromatic carbocycles. The van der Waals surface area contributed by atoms with Crippen LogP contribution in [0, 0.1) is 6.92 Å². The molecule has 4 nitrogen and oxygen atoms in total. The largest absolute Gasteiger partial charge is 0.493 e. The van der Waals surface area contributed by atoms with E-state index >= 15 is 0 Å². The van der Waals surface area contributed by atoms with Gasteiger partial charge >= 0.3 is 5.97 Å². The van der Waals surface area contributed by atoms with Crippen molar-refractivity contribution in [3.8, 4) is 17.0 Å². The lowest BCUT2D eigenvalue weighted by Crippen LogP contribution is -2.07. The molecule has 0 aliphatic rings. The number of nitrogens with zero attached hydrogens (tertiary/aromatic N) is 1. The Kier molecular flexibility index (Phi) is 5.87. The summed E-state index contributed by atoms with van der Waals surface area (Å²) < 4.78 is 5.69. The van der Waals surface area contributed by atoms with Gasteiger partial charge in [0.1, 0.15) is 5.75 Å². The minimum absolute atomic E-state index is 0.250. The molecule has 0 fully saturated rings. The second-order valence-corrected chi connectivity index (χ2v) is 6.41. The average molecular weight is 361 g/mol. The highest BCUT2D eigenvalue weighted by Gasteiger charge is 2.15. The zero-order valence-corrected chi connectivity index (χ0v) is 15.6. The van der Waals surface area contributed by atoms with Crippen molar-refractivity contribution in [2.45, 2.75) is 26.7 Å². The van der Waals surface area contributed by atoms with Crippen LogP contribution in [0.3, 0.4) is 0 Å². The van der Waals surface area contributed by atoms with Crippen LogP contribution < -0.4 is 4.74 Å². The van der Waals surface area contributed by atoms with Gasteiger partial charge in [0, 0.05) is 5.56 Å². The first-order valence-corrected chi connectivity index (χ1v) is 9.09. The summed E-state index contributed by atoms with van der Waals surface area (Å²) in [6.07, 6.45) is 1.31. The van der Waals surface area contributed by atoms with Crippen LogP contribution in [0.2, 0.25) is 0 Å². The highest BCUT2D eigenvalue weighted by Crippen LogP contribution is 2.29. The summed E-state index contributed by atoms with van der Waals surface area (Å²) in [5, 5.41) is 9.53. The molecule has 0 saturated heterocycles. The third kappa shape index (κ3) is 4.53. The Bertz CT molecular complexity index is 933. The van der Waals surface area contributed by atoms with E-state index < -0.39 is 5.97 Å². The molecule has 0 aliphatic carbocycles. The lowest BCUT2D eigenvalue weighted by Gasteiger charge is -2.12. The number of carbonyl (C=O) groups is 1. The van der Waals surface area contributed by atoms with Crippen LogP contribution in [0.25, 0.3) is 11.3 Å². The normalized spacial score (nSPS) is 10.6. The van der Waals surface area contributed by atoms with Gasteiger partial charge in [0.2, 0.25) is 0 Å². The van der Waals surface area contributed by atoms with Gasteiger partial charge in [-0.25, -0.2) is 4.79 Å². The molecule has 0 saturated carbocycles. The van der Waals surface area contributed by atoms with Crippen LogP contribution in [-0.2, 0) is 12.8 Å². The number of aromatic carboxylic acids is 1. The molecular weight excluding hydrogens is 338 g/mol. The van der Waals surface area contributed by atoms with Gasteiger partial charge in [0.15, 0.2) is 0 Å². The van der Waals surface area contributed by atoms with E-state index in [1.807, 2.05) is 38.1 Å². The number of pyridine rings is 1. The fourth-order valence-electron chi connectivity index (χ4n) is 3.01. The molecule has 0 spiro atoms. The number of carboxylic acid groups (broad SMARTS) is 1. The van der Waals surface area contributed by atoms with Crippen LogP contribution in [-0.4, -0.2) is 22.7 Å². The van der Waals surface area contributed by atoms with E-state index in [2.05, 4.69) is 29.2 Å². The van der Waals surface area contributed by atoms with E-state index in [1.165, 1.54) is 11.1 Å². The molecule has 0 bridgehead atoms. The number of aryl methyl sites for hydroxylation is 3. The molecule has 3 aromatic rings. The van der Waals surface area contributed by atoms with E-state index in [0.717, 1.165) is 23.4 Å². The number of benzene rings is 2. The smallest absolute Gasteiger partial charge is 0.337 e. The highest BCUT2D eigenvalue weighted by molar-refractivity contribution is 5.89. The van der Waals surface area contributed by atoms with E-state index in [9.17, 15) is 9.90 Å². The maximum absolute atomic E-state index is 11.6. The SMILES string of the molecule is CCOc1ccccc1-c1ccc(C(=O)O)c(CCc2ccc(C)cc2)n1. The predicted molar refractivity (Wildman–Crippen MR) is 106 cm³/mol. The fourth-order valence-corrected chi connectivity index (χ4v) is 3.01. The van der Waals surface area contributed by atoms with Crippen molar-refractivity contribution >= 4 is 5.97 Å². The Hall–Kier alpha value is -3.14. The molecular formula is C23H23NO3. The van der Waals surface area contributed by atoms with E-state index in [4.69, 9.17) is 4.74 Å². The molecule has 0 amide bonds. The number of hydrogen-bond acceptors (Lipinski definition) is 3. The summed E-state index contributed by atoms with van der Waals surface area (Å²) in [6, 6.07) is 19.3. The first-order chi connectivity index (χ1) is 13.1. The first-order valence-electron chi connectivity index (χ1n) is 9.09. The predicted octanol–water partition coefficient (Wildman–Crippen LogP) is 4.94. The number of rotatable bonds is 7. The maximum atomic E-state index is 11.6. The number of ether oxygens (including phenoxy) is 1. The molecule has 3 rings (SSSR count). The minimum Gasteiger partial charge on any atom is -0.493 e. The second-order valence-electron chi connectivity index (χ2n) is 6.41. The quantitative estimate of drug-likeness (QED) is 0.647. The molecule has 0 radical (unpaired) electrons. The van der Waals surface area contributed by atoms with E-state index in [0.29, 0.717) is 18.7 Å². The van der Waals surface area contributed by atoms with Crippen molar-refractivity contribution < 1.29 is 14.6 Å². The van der Waals surface area contributed by atoms with Gasteiger partial charge in [-0.2, -0.15) is 0 Å². The van der Waals surface area contributed by atoms with Crippen molar-refractivity contribution in [2.24, 2.45) is 0 Å². The minimum atomic E-state index is -0.953. The molecule has 0 unspecified atom stereocenters. The molecule has 1 N–H and O–H groups in total. The molecule has 0 atom stereocenters. The summed E-state index contributed by atoms with van der Waals surface area (Å²) in [6.45, 7) is 4.54. The monoisotopic (exact) mass is 361 g/mol. The summed E-state index contributed by atoms with van der Waals surface area (Å²) in [5.41, 5.74) is 4.80. The van der Waals surface area contributed by atoms with Gasteiger partial charge in [-0.1, -0.05) is 42.0 Å². The standard InChI is InChI=1S/C23H23NO3/c1-3-27-22-7-5-4-6-18(22)20-15-13-19(23(25)26)21(24-20)14-12-17-10-8-16(2)9-11-17/h4-11,13,15H,3,12,14H2,1-2H3,(H,25,26). The average Bonchev–Trinajstić information content (AvgIpc) is 2.68. The van der Waals surface area contributed by atoms with E-state index in [1.54, 1.807) is 12.1 Å². The number of para-hydroxylation sites is 1. The molecule has 1 heterocycles. The molecule has 0 aliphatic heterocycles. The van der Waals surface area contributed by atoms with Crippen molar-refractivity contribution in [1.82, 2.24) is 4.98 Å². The van der Waals surface area contributed by atoms with Crippen LogP contribution >= 0.6 is 0 Å². The van der Waals surface area contributed by atoms with E-state index in [-0.39, 0.29) is 5.56 Å². The van der Waals surface area contributed by atoms with Gasteiger partial charge in [-0.3, -0.25) is 4.98 Å². The molecule has 27 heavy (non-hydrogen) atoms. The van der Waals surface area contributed by atoms with Gasteiger partial charge in [0.25, 0.3) is 0 Å². The van der Waals surface area contributed by atoms with Gasteiger partial charge in [-0.05, 0) is 56.5 Å². The Labute approximate surface area is 159 Å². The lowest BCUT2D eigenvalue weighted by atomic mass is 10.0. The third-order valence-corrected chi connectivity index (χ3v) is 4.44. The second kappa shape index (κ2) is 8.49. The van der Waals surface area contributed by atoms with Gasteiger partial charge in [-0.15, -0.1) is 0 Å². The van der Waals surface area contributed by atoms with Crippen LogP contribution in [0.1, 0.15) is 34.1 Å². The van der Waals surface area contributed by atoms with Gasteiger partial charge < -0.3 is 9.84 Å². The Morgan fingerprint density at radius 3 is 2.44 bits per heavy atom. The van der Waals surface area contributed by atoms with Crippen molar-refractivity contribution in [1.29, 1.82) is 0 Å². The van der Waals surface area contributed by atoms with Crippen molar-refractivity contribution in [3.63, 3.8) is 0 Å². The highest BCUT2D eigenvalue weighted by atomic mass is 16.5. The Balaban J connectivity index is 1.93. The lowest BCUT2D eigenvalue weighted by molar-refractivity contribution is 0.0695. The zero-order chi connectivity index (χ0) is 19.2. The topological polar surface area (TPSA) is 59.4 Å². The molecule has 138 valence electrons. The van der Waals surface area contributed by atoms with Crippen LogP contribution in [0.5, 0.6) is 5.75 Å². The summed E-state index contributed by atoms with van der Waals surface area (Å²) in [4.78, 5) is 16.3. The summed E-state index contributed by atoms with van der Waals surface area (Å²) in [5.74, 6) is -0.203. The number of aromatic nitrogens is 1. The summed E-state index contributed by atoms with van der Waals surface area (Å²) >= 11 is 0. The van der Waals surface area contributed by atoms with Crippen molar-refractivity contribution in [2.75, 3.05) is 6.61 Å².